The van der Waals surface area contributed by atoms with Crippen LogP contribution in [0.15, 0.2) is 34.1 Å². The number of carbonyl (C=O) groups is 1. The van der Waals surface area contributed by atoms with Crippen LogP contribution in [0.25, 0.3) is 0 Å². The quantitative estimate of drug-likeness (QED) is 0.754. The molecule has 0 saturated heterocycles. The molecule has 2 heterocycles. The van der Waals surface area contributed by atoms with Crippen LogP contribution in [0.5, 0.6) is 11.5 Å². The fraction of sp³-hybridized carbons (Fsp3) is 0.421. The van der Waals surface area contributed by atoms with Crippen LogP contribution >= 0.6 is 0 Å². The average Bonchev–Trinajstić information content (AvgIpc) is 2.95. The summed E-state index contributed by atoms with van der Waals surface area (Å²) in [6, 6.07) is 4.63. The first-order valence-corrected chi connectivity index (χ1v) is 8.96. The van der Waals surface area contributed by atoms with Crippen molar-refractivity contribution in [2.24, 2.45) is 5.41 Å². The Hall–Kier alpha value is -3.03. The largest absolute Gasteiger partial charge is 0.504 e. The second kappa shape index (κ2) is 6.29. The molecule has 1 aliphatic heterocycles. The molecular formula is C19H22N4O4. The van der Waals surface area contributed by atoms with E-state index in [0.717, 1.165) is 11.3 Å². The lowest BCUT2D eigenvalue weighted by molar-refractivity contribution is -0.118. The summed E-state index contributed by atoms with van der Waals surface area (Å²) in [4.78, 5) is 13.0. The molecule has 0 unspecified atom stereocenters. The van der Waals surface area contributed by atoms with Crippen molar-refractivity contribution in [1.29, 1.82) is 0 Å². The fourth-order valence-corrected chi connectivity index (χ4v) is 3.73. The van der Waals surface area contributed by atoms with E-state index in [2.05, 4.69) is 34.8 Å². The molecule has 0 saturated carbocycles. The number of aromatic hydroxyl groups is 1. The Morgan fingerprint density at radius 3 is 2.85 bits per heavy atom. The first kappa shape index (κ1) is 17.4. The highest BCUT2D eigenvalue weighted by atomic mass is 16.6. The number of aromatic nitrogens is 2. The molecule has 1 aromatic carbocycles. The number of nitrogens with one attached hydrogen (secondary N) is 2. The highest BCUT2D eigenvalue weighted by molar-refractivity contribution is 6.00. The number of Topliss-reactive ketones (excluding diaryl/α,β-unsaturated/α-hetero) is 1. The smallest absolute Gasteiger partial charge is 0.219 e. The van der Waals surface area contributed by atoms with Crippen molar-refractivity contribution in [3.8, 4) is 11.5 Å². The van der Waals surface area contributed by atoms with Gasteiger partial charge in [0.05, 0.1) is 12.6 Å². The molecule has 142 valence electrons. The molecule has 4 rings (SSSR count). The van der Waals surface area contributed by atoms with E-state index in [-0.39, 0.29) is 16.9 Å². The van der Waals surface area contributed by atoms with Crippen LogP contribution in [0.4, 0.5) is 11.6 Å². The van der Waals surface area contributed by atoms with E-state index in [0.29, 0.717) is 42.4 Å². The number of fused-ring (bicyclic) bond motifs is 1. The number of phenols is 1. The molecule has 8 nitrogen and oxygen atoms in total. The summed E-state index contributed by atoms with van der Waals surface area (Å²) >= 11 is 0. The maximum Gasteiger partial charge on any atom is 0.219 e. The molecule has 2 aliphatic rings. The summed E-state index contributed by atoms with van der Waals surface area (Å²) in [6.45, 7) is 6.41. The zero-order valence-corrected chi connectivity index (χ0v) is 15.5. The fourth-order valence-electron chi connectivity index (χ4n) is 3.73. The van der Waals surface area contributed by atoms with Crippen molar-refractivity contribution in [1.82, 2.24) is 10.3 Å². The minimum Gasteiger partial charge on any atom is -0.504 e. The Kier molecular flexibility index (Phi) is 4.05. The first-order chi connectivity index (χ1) is 12.9. The van der Waals surface area contributed by atoms with Crippen LogP contribution in [0.1, 0.15) is 45.2 Å². The molecule has 1 atom stereocenters. The predicted octanol–water partition coefficient (Wildman–Crippen LogP) is 3.40. The van der Waals surface area contributed by atoms with Gasteiger partial charge in [-0.3, -0.25) is 4.79 Å². The third-order valence-electron chi connectivity index (χ3n) is 4.86. The van der Waals surface area contributed by atoms with E-state index in [4.69, 9.17) is 9.37 Å². The Balaban J connectivity index is 1.85. The Morgan fingerprint density at radius 2 is 2.07 bits per heavy atom. The standard InChI is InChI=1S/C19H22N4O4/c1-4-26-14-7-10(5-6-12(14)24)16-15-11(8-19(2,3)9-13(15)25)20-17-18(21-16)23-27-22-17/h5-7,16,24H,4,8-9H2,1-3H3,(H,20,22)(H,21,23)/t16-/m0/s1. The number of nitrogens with zero attached hydrogens (tertiary/aromatic N) is 2. The summed E-state index contributed by atoms with van der Waals surface area (Å²) in [6.07, 6.45) is 1.16. The van der Waals surface area contributed by atoms with Crippen LogP contribution in [-0.4, -0.2) is 27.8 Å². The van der Waals surface area contributed by atoms with Gasteiger partial charge in [0, 0.05) is 17.7 Å². The van der Waals surface area contributed by atoms with E-state index >= 15 is 0 Å². The van der Waals surface area contributed by atoms with Crippen LogP contribution in [0, 0.1) is 5.41 Å². The van der Waals surface area contributed by atoms with E-state index in [1.165, 1.54) is 0 Å². The molecule has 27 heavy (non-hydrogen) atoms. The summed E-state index contributed by atoms with van der Waals surface area (Å²) in [5, 5.41) is 24.3. The van der Waals surface area contributed by atoms with Crippen molar-refractivity contribution >= 4 is 17.4 Å². The first-order valence-electron chi connectivity index (χ1n) is 8.96. The molecule has 0 amide bonds. The van der Waals surface area contributed by atoms with Gasteiger partial charge < -0.3 is 20.5 Å². The number of carbonyl (C=O) groups excluding carboxylic acids is 1. The maximum atomic E-state index is 13.0. The summed E-state index contributed by atoms with van der Waals surface area (Å²) in [7, 11) is 0. The number of ketones is 1. The van der Waals surface area contributed by atoms with Crippen molar-refractivity contribution in [2.45, 2.75) is 39.7 Å². The SMILES string of the molecule is CCOc1cc([C@@H]2Nc3nonc3NC3=C2C(=O)CC(C)(C)C3)ccc1O. The zero-order chi connectivity index (χ0) is 19.2. The number of hydrogen-bond acceptors (Lipinski definition) is 8. The number of phenolic OH excluding ortho intramolecular Hbond substituents is 1. The van der Waals surface area contributed by atoms with E-state index < -0.39 is 6.04 Å². The van der Waals surface area contributed by atoms with Gasteiger partial charge in [-0.25, -0.2) is 4.63 Å². The van der Waals surface area contributed by atoms with Crippen molar-refractivity contribution < 1.29 is 19.3 Å². The number of rotatable bonds is 3. The Bertz CT molecular complexity index is 932. The molecule has 0 fully saturated rings. The molecule has 0 bridgehead atoms. The lowest BCUT2D eigenvalue weighted by Crippen LogP contribution is -2.31. The zero-order valence-electron chi connectivity index (χ0n) is 15.5. The highest BCUT2D eigenvalue weighted by Crippen LogP contribution is 2.45. The summed E-state index contributed by atoms with van der Waals surface area (Å²) in [5.74, 6) is 1.39. The lowest BCUT2D eigenvalue weighted by Gasteiger charge is -2.34. The molecule has 0 spiro atoms. The molecule has 0 radical (unpaired) electrons. The number of benzene rings is 1. The average molecular weight is 370 g/mol. The Labute approximate surface area is 156 Å². The van der Waals surface area contributed by atoms with Gasteiger partial charge in [-0.2, -0.15) is 0 Å². The molecule has 8 heteroatoms. The topological polar surface area (TPSA) is 110 Å². The van der Waals surface area contributed by atoms with Gasteiger partial charge in [-0.1, -0.05) is 19.9 Å². The Morgan fingerprint density at radius 1 is 1.30 bits per heavy atom. The van der Waals surface area contributed by atoms with Gasteiger partial charge in [-0.15, -0.1) is 0 Å². The molecule has 2 aromatic rings. The van der Waals surface area contributed by atoms with E-state index in [9.17, 15) is 9.90 Å². The molecule has 1 aliphatic carbocycles. The minimum atomic E-state index is -0.455. The minimum absolute atomic E-state index is 0.0569. The van der Waals surface area contributed by atoms with Gasteiger partial charge in [0.2, 0.25) is 11.6 Å². The number of hydrogen-bond donors (Lipinski definition) is 3. The normalized spacial score (nSPS) is 20.9. The van der Waals surface area contributed by atoms with Gasteiger partial charge in [-0.05, 0) is 46.8 Å². The van der Waals surface area contributed by atoms with Crippen LogP contribution in [-0.2, 0) is 4.79 Å². The van der Waals surface area contributed by atoms with Crippen LogP contribution in [0.2, 0.25) is 0 Å². The van der Waals surface area contributed by atoms with Gasteiger partial charge in [0.1, 0.15) is 0 Å². The van der Waals surface area contributed by atoms with Crippen molar-refractivity contribution in [2.75, 3.05) is 17.2 Å². The van der Waals surface area contributed by atoms with Crippen LogP contribution < -0.4 is 15.4 Å². The summed E-state index contributed by atoms with van der Waals surface area (Å²) in [5.41, 5.74) is 2.10. The predicted molar refractivity (Wildman–Crippen MR) is 98.6 cm³/mol. The lowest BCUT2D eigenvalue weighted by atomic mass is 9.73. The summed E-state index contributed by atoms with van der Waals surface area (Å²) < 4.78 is 10.4. The second-order valence-corrected chi connectivity index (χ2v) is 7.66. The number of allylic oxidation sites excluding steroid dienone is 1. The number of anilines is 2. The van der Waals surface area contributed by atoms with Crippen molar-refractivity contribution in [3.05, 3.63) is 35.0 Å². The number of ether oxygens (including phenoxy) is 1. The van der Waals surface area contributed by atoms with Gasteiger partial charge in [0.25, 0.3) is 0 Å². The second-order valence-electron chi connectivity index (χ2n) is 7.66. The van der Waals surface area contributed by atoms with Gasteiger partial charge in [0.15, 0.2) is 17.3 Å². The molecule has 3 N–H and O–H groups in total. The molecular weight excluding hydrogens is 348 g/mol. The van der Waals surface area contributed by atoms with E-state index in [1.54, 1.807) is 18.2 Å². The van der Waals surface area contributed by atoms with E-state index in [1.807, 2.05) is 6.92 Å². The third kappa shape index (κ3) is 3.11. The van der Waals surface area contributed by atoms with Gasteiger partial charge >= 0.3 is 0 Å². The monoisotopic (exact) mass is 370 g/mol. The van der Waals surface area contributed by atoms with Crippen molar-refractivity contribution in [3.63, 3.8) is 0 Å². The third-order valence-corrected chi connectivity index (χ3v) is 4.86. The molecule has 1 aromatic heterocycles. The van der Waals surface area contributed by atoms with Crippen LogP contribution in [0.3, 0.4) is 0 Å². The maximum absolute atomic E-state index is 13.0. The highest BCUT2D eigenvalue weighted by Gasteiger charge is 2.39.